The standard InChI is InChI=1S/2C46H39F4N7O5/c2*47-36-12-26(4-5-27-18-51-46(52-19-27)55-20-31-8-9-32(21-55)57(31)33-24-60-25-33)6-7-28(36)23-62-43-3-1-2-40(53-43)35-17-37(48)29(13-38(35)49)16-42-54-44-39(50)14-30(45(58)59)15-41(44)56(42)22-34-10-11-61-34/h2*1-3,6-7,12-15,17-19,31-34H,8-11,16,20-25H2,(H,58,59)/t2*31?,32?,34-/m00/s1. The van der Waals surface area contributed by atoms with Gasteiger partial charge in [0.15, 0.2) is 11.6 Å². The van der Waals surface area contributed by atoms with Crippen LogP contribution in [0.4, 0.5) is 47.0 Å². The normalized spacial score (nSPS) is 19.8. The molecule has 632 valence electrons. The highest BCUT2D eigenvalue weighted by Crippen LogP contribution is 2.39. The summed E-state index contributed by atoms with van der Waals surface area (Å²) in [6.07, 6.45) is 12.1. The van der Waals surface area contributed by atoms with E-state index >= 15 is 35.1 Å². The Kier molecular flexibility index (Phi) is 22.5. The van der Waals surface area contributed by atoms with E-state index in [4.69, 9.17) is 28.4 Å². The molecule has 0 spiro atoms. The van der Waals surface area contributed by atoms with Crippen LogP contribution < -0.4 is 19.3 Å². The third kappa shape index (κ3) is 16.9. The van der Waals surface area contributed by atoms with Crippen molar-refractivity contribution in [1.29, 1.82) is 0 Å². The number of carbonyl (C=O) groups is 2. The first-order valence-corrected chi connectivity index (χ1v) is 41.0. The largest absolute Gasteiger partial charge is 0.478 e. The molecule has 6 aromatic carbocycles. The lowest BCUT2D eigenvalue weighted by atomic mass is 10.0. The van der Waals surface area contributed by atoms with E-state index in [1.54, 1.807) is 70.3 Å². The van der Waals surface area contributed by atoms with Gasteiger partial charge in [-0.15, -0.1) is 0 Å². The number of halogens is 8. The van der Waals surface area contributed by atoms with Gasteiger partial charge in [0.25, 0.3) is 0 Å². The van der Waals surface area contributed by atoms with Crippen LogP contribution in [0.15, 0.2) is 146 Å². The maximum Gasteiger partial charge on any atom is 0.335 e. The van der Waals surface area contributed by atoms with Crippen molar-refractivity contribution in [3.63, 3.8) is 0 Å². The second-order valence-electron chi connectivity index (χ2n) is 32.1. The van der Waals surface area contributed by atoms with Gasteiger partial charge in [0.2, 0.25) is 23.7 Å². The van der Waals surface area contributed by atoms with Gasteiger partial charge in [-0.05, 0) is 135 Å². The summed E-state index contributed by atoms with van der Waals surface area (Å²) >= 11 is 0. The Morgan fingerprint density at radius 1 is 0.411 bits per heavy atom. The zero-order chi connectivity index (χ0) is 85.0. The number of aromatic carboxylic acids is 2. The molecule has 0 radical (unpaired) electrons. The van der Waals surface area contributed by atoms with Crippen molar-refractivity contribution >= 4 is 45.9 Å². The third-order valence-electron chi connectivity index (χ3n) is 24.2. The summed E-state index contributed by atoms with van der Waals surface area (Å²) in [6.45, 7) is 8.01. The van der Waals surface area contributed by atoms with Gasteiger partial charge in [-0.3, -0.25) is 9.80 Å². The van der Waals surface area contributed by atoms with Gasteiger partial charge in [-0.1, -0.05) is 47.9 Å². The molecule has 2 N–H and O–H groups in total. The lowest BCUT2D eigenvalue weighted by Crippen LogP contribution is -2.62. The molecule has 24 nitrogen and oxygen atoms in total. The molecule has 0 amide bonds. The monoisotopic (exact) mass is 1690 g/mol. The first-order valence-electron chi connectivity index (χ1n) is 41.0. The zero-order valence-electron chi connectivity index (χ0n) is 66.5. The van der Waals surface area contributed by atoms with Crippen LogP contribution in [0.3, 0.4) is 0 Å². The molecule has 6 atom stereocenters. The minimum Gasteiger partial charge on any atom is -0.478 e. The molecule has 12 aromatic rings. The fourth-order valence-electron chi connectivity index (χ4n) is 17.5. The van der Waals surface area contributed by atoms with E-state index in [1.807, 2.05) is 0 Å². The number of anilines is 2. The Morgan fingerprint density at radius 3 is 1.14 bits per heavy atom. The Hall–Kier alpha value is -12.8. The Bertz CT molecular complexity index is 5880. The Balaban J connectivity index is 0.000000163. The molecule has 0 saturated carbocycles. The number of hydrogen-bond donors (Lipinski definition) is 2. The maximum absolute atomic E-state index is 15.7. The average Bonchev–Trinajstić information content (AvgIpc) is 1.62. The van der Waals surface area contributed by atoms with Gasteiger partial charge in [0.1, 0.15) is 70.8 Å². The molecule has 4 bridgehead atoms. The minimum absolute atomic E-state index is 0.0509. The minimum atomic E-state index is -1.31. The number of pyridine rings is 2. The van der Waals surface area contributed by atoms with Gasteiger partial charge >= 0.3 is 11.9 Å². The van der Waals surface area contributed by atoms with Crippen molar-refractivity contribution in [2.45, 2.75) is 126 Å². The second kappa shape index (κ2) is 34.5. The number of ether oxygens (including phenoxy) is 6. The van der Waals surface area contributed by atoms with Crippen molar-refractivity contribution in [1.82, 2.24) is 58.8 Å². The Labute approximate surface area is 704 Å². The average molecular weight is 1690 g/mol. The van der Waals surface area contributed by atoms with Gasteiger partial charge in [0.05, 0.1) is 108 Å². The summed E-state index contributed by atoms with van der Waals surface area (Å²) in [7, 11) is 0. The van der Waals surface area contributed by atoms with E-state index in [9.17, 15) is 19.8 Å². The lowest BCUT2D eigenvalue weighted by Gasteiger charge is -2.47. The van der Waals surface area contributed by atoms with Crippen molar-refractivity contribution < 1.29 is 83.3 Å². The van der Waals surface area contributed by atoms with E-state index in [0.29, 0.717) is 83.6 Å². The van der Waals surface area contributed by atoms with Crippen LogP contribution >= 0.6 is 0 Å². The first kappa shape index (κ1) is 80.9. The molecule has 32 heteroatoms. The number of nitrogens with zero attached hydrogens (tertiary/aromatic N) is 14. The predicted octanol–water partition coefficient (Wildman–Crippen LogP) is 13.1. The fraction of sp³-hybridized carbons (Fsp3) is 0.326. The van der Waals surface area contributed by atoms with Gasteiger partial charge in [-0.25, -0.2) is 84.6 Å². The van der Waals surface area contributed by atoms with Crippen LogP contribution in [-0.2, 0) is 58.1 Å². The van der Waals surface area contributed by atoms with Gasteiger partial charge < -0.3 is 57.6 Å². The van der Waals surface area contributed by atoms with E-state index < -0.39 is 58.5 Å². The van der Waals surface area contributed by atoms with Gasteiger partial charge in [0, 0.05) is 147 Å². The van der Waals surface area contributed by atoms with Crippen LogP contribution in [0.5, 0.6) is 11.8 Å². The number of benzene rings is 6. The molecule has 14 heterocycles. The van der Waals surface area contributed by atoms with Crippen molar-refractivity contribution in [3.8, 4) is 58.0 Å². The molecule has 20 rings (SSSR count). The highest BCUT2D eigenvalue weighted by atomic mass is 19.2. The first-order chi connectivity index (χ1) is 60.3. The van der Waals surface area contributed by atoms with Crippen LogP contribution in [0.1, 0.15) is 115 Å². The number of imidazole rings is 2. The summed E-state index contributed by atoms with van der Waals surface area (Å²) in [5, 5.41) is 19.0. The molecule has 8 aliphatic rings. The smallest absolute Gasteiger partial charge is 0.335 e. The van der Waals surface area contributed by atoms with E-state index in [-0.39, 0.29) is 153 Å². The predicted molar refractivity (Wildman–Crippen MR) is 435 cm³/mol. The SMILES string of the molecule is O=C(O)c1cc(F)c2nc(Cc3cc(F)c(-c4cccc(OCc5ccc(C#Cc6cnc(N7CC8CCC(C7)N8C7COC7)nc6)cc5F)n4)cc3F)n(C[C@@H]3CCO3)c2c1.O=C(O)c1cc(F)c2nc(Cc3cc(F)c(-c4cccc(OCc5ccc(C#Cc6cnc(N7CC8CCC(C7)N8C7COC7)nc6)cc5F)n4)cc3F)n(C[C@@H]3CCO3)c2c1. The van der Waals surface area contributed by atoms with Crippen molar-refractivity contribution in [2.24, 2.45) is 0 Å². The quantitative estimate of drug-likeness (QED) is 0.0472. The number of carboxylic acid groups (broad SMARTS) is 2. The number of rotatable bonds is 22. The van der Waals surface area contributed by atoms with Crippen LogP contribution in [0.2, 0.25) is 0 Å². The summed E-state index contributed by atoms with van der Waals surface area (Å²) in [5.74, 6) is 5.46. The molecule has 124 heavy (non-hydrogen) atoms. The van der Waals surface area contributed by atoms with Crippen molar-refractivity contribution in [2.75, 3.05) is 75.6 Å². The number of fused-ring (bicyclic) bond motifs is 6. The van der Waals surface area contributed by atoms with E-state index in [2.05, 4.69) is 83.2 Å². The molecule has 8 fully saturated rings. The highest BCUT2D eigenvalue weighted by molar-refractivity contribution is 5.94. The molecule has 6 aromatic heterocycles. The summed E-state index contributed by atoms with van der Waals surface area (Å²) < 4.78 is 160. The third-order valence-corrected chi connectivity index (χ3v) is 24.2. The van der Waals surface area contributed by atoms with E-state index in [1.165, 1.54) is 74.2 Å². The molecule has 8 saturated heterocycles. The zero-order valence-corrected chi connectivity index (χ0v) is 66.5. The van der Waals surface area contributed by atoms with E-state index in [0.717, 1.165) is 102 Å². The highest BCUT2D eigenvalue weighted by Gasteiger charge is 2.47. The molecule has 8 aliphatic heterocycles. The van der Waals surface area contributed by atoms with Gasteiger partial charge in [-0.2, -0.15) is 0 Å². The summed E-state index contributed by atoms with van der Waals surface area (Å²) in [5.41, 5.74) is 2.15. The number of carboxylic acids is 2. The Morgan fingerprint density at radius 2 is 0.790 bits per heavy atom. The molecule has 4 unspecified atom stereocenters. The number of aromatic nitrogens is 10. The van der Waals surface area contributed by atoms with Crippen LogP contribution in [0.25, 0.3) is 44.6 Å². The number of hydrogen-bond acceptors (Lipinski definition) is 20. The summed E-state index contributed by atoms with van der Waals surface area (Å²) in [6, 6.07) is 29.7. The topological polar surface area (TPSA) is 256 Å². The lowest BCUT2D eigenvalue weighted by molar-refractivity contribution is -0.0851. The number of piperazine rings is 2. The second-order valence-corrected chi connectivity index (χ2v) is 32.1. The molecule has 0 aliphatic carbocycles. The van der Waals surface area contributed by atoms with Crippen molar-refractivity contribution in [3.05, 3.63) is 260 Å². The summed E-state index contributed by atoms with van der Waals surface area (Å²) in [4.78, 5) is 68.8. The molecular formula is C92H78F8N14O10. The fourth-order valence-corrected chi connectivity index (χ4v) is 17.5. The molecular weight excluding hydrogens is 1610 g/mol. The van der Waals surface area contributed by atoms with Crippen LogP contribution in [-0.4, -0.2) is 195 Å². The maximum atomic E-state index is 15.7. The van der Waals surface area contributed by atoms with Crippen LogP contribution in [0, 0.1) is 70.2 Å².